The van der Waals surface area contributed by atoms with E-state index in [4.69, 9.17) is 11.6 Å². The molecule has 3 nitrogen and oxygen atoms in total. The van der Waals surface area contributed by atoms with Gasteiger partial charge in [-0.2, -0.15) is 0 Å². The Morgan fingerprint density at radius 3 is 2.52 bits per heavy atom. The summed E-state index contributed by atoms with van der Waals surface area (Å²) in [5.74, 6) is 0.163. The van der Waals surface area contributed by atoms with Crippen molar-refractivity contribution in [1.29, 1.82) is 0 Å². The monoisotopic (exact) mass is 348 g/mol. The van der Waals surface area contributed by atoms with Crippen molar-refractivity contribution in [3.05, 3.63) is 94.3 Å². The Morgan fingerprint density at radius 1 is 0.960 bits per heavy atom. The number of pyridine rings is 1. The number of benzene rings is 2. The number of amides is 1. The van der Waals surface area contributed by atoms with Gasteiger partial charge in [0.25, 0.3) is 0 Å². The van der Waals surface area contributed by atoms with Crippen molar-refractivity contribution in [1.82, 2.24) is 4.98 Å². The second-order valence-electron chi connectivity index (χ2n) is 6.24. The highest BCUT2D eigenvalue weighted by atomic mass is 35.5. The highest BCUT2D eigenvalue weighted by Crippen LogP contribution is 2.35. The average Bonchev–Trinajstić information content (AvgIpc) is 2.64. The molecule has 3 aromatic rings. The Balaban J connectivity index is 1.81. The molecule has 1 aliphatic rings. The molecule has 2 heterocycles. The van der Waals surface area contributed by atoms with Crippen molar-refractivity contribution in [2.75, 3.05) is 5.32 Å². The zero-order valence-corrected chi connectivity index (χ0v) is 14.3. The molecule has 0 saturated carbocycles. The van der Waals surface area contributed by atoms with Gasteiger partial charge in [0.05, 0.1) is 0 Å². The Hall–Kier alpha value is -2.65. The van der Waals surface area contributed by atoms with Crippen LogP contribution in [0.3, 0.4) is 0 Å². The number of nitrogens with one attached hydrogen (secondary N) is 1. The fraction of sp³-hybridized carbons (Fsp3) is 0.143. The number of carbonyl (C=O) groups is 1. The van der Waals surface area contributed by atoms with Crippen LogP contribution in [-0.2, 0) is 11.2 Å². The molecule has 1 N–H and O–H groups in total. The number of aromatic nitrogens is 1. The van der Waals surface area contributed by atoms with Gasteiger partial charge in [0.2, 0.25) is 5.91 Å². The summed E-state index contributed by atoms with van der Waals surface area (Å²) in [6.45, 7) is 0. The molecule has 25 heavy (non-hydrogen) atoms. The number of hydrogen-bond donors (Lipinski definition) is 1. The van der Waals surface area contributed by atoms with E-state index < -0.39 is 0 Å². The van der Waals surface area contributed by atoms with Crippen molar-refractivity contribution >= 4 is 23.2 Å². The van der Waals surface area contributed by atoms with Gasteiger partial charge in [-0.05, 0) is 52.9 Å². The second-order valence-corrected chi connectivity index (χ2v) is 6.67. The Kier molecular flexibility index (Phi) is 4.24. The molecule has 0 saturated heterocycles. The van der Waals surface area contributed by atoms with Crippen LogP contribution in [0, 0.1) is 0 Å². The summed E-state index contributed by atoms with van der Waals surface area (Å²) < 4.78 is 0. The lowest BCUT2D eigenvalue weighted by Crippen LogP contribution is -2.19. The number of anilines is 1. The van der Waals surface area contributed by atoms with Crippen molar-refractivity contribution in [2.24, 2.45) is 0 Å². The van der Waals surface area contributed by atoms with E-state index >= 15 is 0 Å². The average molecular weight is 349 g/mol. The van der Waals surface area contributed by atoms with E-state index in [1.807, 2.05) is 30.5 Å². The van der Waals surface area contributed by atoms with E-state index in [1.54, 1.807) is 6.20 Å². The lowest BCUT2D eigenvalue weighted by Gasteiger charge is -2.22. The first-order valence-electron chi connectivity index (χ1n) is 8.29. The molecule has 0 bridgehead atoms. The van der Waals surface area contributed by atoms with E-state index in [1.165, 1.54) is 11.1 Å². The van der Waals surface area contributed by atoms with Crippen LogP contribution in [-0.4, -0.2) is 10.9 Å². The molecule has 1 aromatic heterocycles. The van der Waals surface area contributed by atoms with Gasteiger partial charge in [-0.25, -0.2) is 0 Å². The minimum atomic E-state index is 0.0777. The number of fused-ring (bicyclic) bond motifs is 1. The first-order chi connectivity index (χ1) is 12.2. The summed E-state index contributed by atoms with van der Waals surface area (Å²) in [6, 6.07) is 18.3. The number of nitrogens with zero attached hydrogens (tertiary/aromatic N) is 1. The van der Waals surface area contributed by atoms with Crippen LogP contribution in [0.25, 0.3) is 0 Å². The van der Waals surface area contributed by atoms with E-state index in [0.717, 1.165) is 28.3 Å². The number of hydrogen-bond acceptors (Lipinski definition) is 2. The zero-order chi connectivity index (χ0) is 17.2. The topological polar surface area (TPSA) is 42.0 Å². The van der Waals surface area contributed by atoms with Crippen LogP contribution in [0.15, 0.2) is 67.0 Å². The van der Waals surface area contributed by atoms with Crippen LogP contribution < -0.4 is 5.32 Å². The predicted octanol–water partition coefficient (Wildman–Crippen LogP) is 4.80. The summed E-state index contributed by atoms with van der Waals surface area (Å²) in [5, 5.41) is 3.67. The normalized spacial score (nSPS) is 14.5. The summed E-state index contributed by atoms with van der Waals surface area (Å²) in [4.78, 5) is 15.9. The van der Waals surface area contributed by atoms with E-state index in [-0.39, 0.29) is 11.8 Å². The molecule has 0 aliphatic carbocycles. The third-order valence-corrected chi connectivity index (χ3v) is 4.83. The molecule has 1 amide bonds. The smallest absolute Gasteiger partial charge is 0.224 e. The van der Waals surface area contributed by atoms with Gasteiger partial charge in [-0.1, -0.05) is 41.9 Å². The van der Waals surface area contributed by atoms with Gasteiger partial charge in [-0.3, -0.25) is 9.78 Å². The molecule has 1 atom stereocenters. The highest BCUT2D eigenvalue weighted by Gasteiger charge is 2.20. The molecule has 0 spiro atoms. The summed E-state index contributed by atoms with van der Waals surface area (Å²) >= 11 is 6.06. The molecule has 1 unspecified atom stereocenters. The lowest BCUT2D eigenvalue weighted by molar-refractivity contribution is -0.116. The van der Waals surface area contributed by atoms with E-state index in [2.05, 4.69) is 40.6 Å². The molecule has 4 heteroatoms. The maximum atomic E-state index is 11.6. The van der Waals surface area contributed by atoms with Gasteiger partial charge >= 0.3 is 0 Å². The largest absolute Gasteiger partial charge is 0.326 e. The minimum absolute atomic E-state index is 0.0777. The van der Waals surface area contributed by atoms with Crippen molar-refractivity contribution < 1.29 is 4.79 Å². The van der Waals surface area contributed by atoms with Crippen molar-refractivity contribution in [3.63, 3.8) is 0 Å². The number of rotatable bonds is 3. The highest BCUT2D eigenvalue weighted by molar-refractivity contribution is 6.30. The van der Waals surface area contributed by atoms with Gasteiger partial charge in [0.15, 0.2) is 0 Å². The quantitative estimate of drug-likeness (QED) is 0.738. The minimum Gasteiger partial charge on any atom is -0.326 e. The first kappa shape index (κ1) is 15.9. The number of aryl methyl sites for hydroxylation is 1. The molecular formula is C21H17ClN2O. The van der Waals surface area contributed by atoms with Crippen LogP contribution in [0.4, 0.5) is 5.69 Å². The fourth-order valence-electron chi connectivity index (χ4n) is 3.36. The molecular weight excluding hydrogens is 332 g/mol. The SMILES string of the molecule is O=C1CCc2cc(C(c3ccc(Cl)cc3)c3cccnc3)ccc2N1. The molecule has 0 radical (unpaired) electrons. The van der Waals surface area contributed by atoms with Crippen LogP contribution in [0.1, 0.15) is 34.6 Å². The summed E-state index contributed by atoms with van der Waals surface area (Å²) in [6.07, 6.45) is 5.00. The standard InChI is InChI=1S/C21H17ClN2O/c22-18-7-3-14(4-8-18)21(17-2-1-11-23-13-17)16-5-9-19-15(12-16)6-10-20(25)24-19/h1-5,7-9,11-13,21H,6,10H2,(H,24,25). The van der Waals surface area contributed by atoms with Crippen LogP contribution in [0.2, 0.25) is 5.02 Å². The van der Waals surface area contributed by atoms with Crippen molar-refractivity contribution in [3.8, 4) is 0 Å². The molecule has 0 fully saturated rings. The maximum Gasteiger partial charge on any atom is 0.224 e. The lowest BCUT2D eigenvalue weighted by atomic mass is 9.84. The Labute approximate surface area is 151 Å². The maximum absolute atomic E-state index is 11.6. The molecule has 124 valence electrons. The third-order valence-electron chi connectivity index (χ3n) is 4.58. The van der Waals surface area contributed by atoms with Crippen LogP contribution >= 0.6 is 11.6 Å². The first-order valence-corrected chi connectivity index (χ1v) is 8.66. The van der Waals surface area contributed by atoms with Gasteiger partial charge in [0, 0.05) is 35.4 Å². The summed E-state index contributed by atoms with van der Waals surface area (Å²) in [7, 11) is 0. The third kappa shape index (κ3) is 3.28. The van der Waals surface area contributed by atoms with Gasteiger partial charge in [0.1, 0.15) is 0 Å². The van der Waals surface area contributed by atoms with E-state index in [9.17, 15) is 4.79 Å². The molecule has 4 rings (SSSR count). The second kappa shape index (κ2) is 6.69. The van der Waals surface area contributed by atoms with E-state index in [0.29, 0.717) is 6.42 Å². The molecule has 1 aliphatic heterocycles. The van der Waals surface area contributed by atoms with Gasteiger partial charge in [-0.15, -0.1) is 0 Å². The number of carbonyl (C=O) groups excluding carboxylic acids is 1. The zero-order valence-electron chi connectivity index (χ0n) is 13.6. The van der Waals surface area contributed by atoms with Gasteiger partial charge < -0.3 is 5.32 Å². The predicted molar refractivity (Wildman–Crippen MR) is 100 cm³/mol. The fourth-order valence-corrected chi connectivity index (χ4v) is 3.49. The Bertz CT molecular complexity index is 907. The Morgan fingerprint density at radius 2 is 1.76 bits per heavy atom. The summed E-state index contributed by atoms with van der Waals surface area (Å²) in [5.41, 5.74) is 5.58. The van der Waals surface area contributed by atoms with Crippen molar-refractivity contribution in [2.45, 2.75) is 18.8 Å². The molecule has 2 aromatic carbocycles. The number of halogens is 1. The van der Waals surface area contributed by atoms with Crippen LogP contribution in [0.5, 0.6) is 0 Å².